The molecule has 60 valence electrons. The number of nitrogens with zero attached hydrogens (tertiary/aromatic N) is 3. The van der Waals surface area contributed by atoms with Gasteiger partial charge in [-0.15, -0.1) is 0 Å². The first-order valence-electron chi connectivity index (χ1n) is 3.67. The fraction of sp³-hybridized carbons (Fsp3) is 0.250. The number of hydrogen-bond donors (Lipinski definition) is 0. The van der Waals surface area contributed by atoms with Gasteiger partial charge in [0.25, 0.3) is 0 Å². The van der Waals surface area contributed by atoms with Crippen LogP contribution in [0.25, 0.3) is 0 Å². The summed E-state index contributed by atoms with van der Waals surface area (Å²) in [7, 11) is 0. The molecule has 1 aliphatic rings. The number of Topliss-reactive ketones (excluding diaryl/α,β-unsaturated/α-hetero) is 1. The maximum atomic E-state index is 11.2. The first-order valence-corrected chi connectivity index (χ1v) is 3.67. The third-order valence-electron chi connectivity index (χ3n) is 1.63. The minimum atomic E-state index is -0.00352. The number of ketones is 1. The zero-order chi connectivity index (χ0) is 8.55. The molecule has 0 fully saturated rings. The second-order valence-electron chi connectivity index (χ2n) is 2.62. The van der Waals surface area contributed by atoms with E-state index >= 15 is 0 Å². The summed E-state index contributed by atoms with van der Waals surface area (Å²) in [6, 6.07) is 0. The van der Waals surface area contributed by atoms with Crippen molar-refractivity contribution in [2.24, 2.45) is 4.99 Å². The summed E-state index contributed by atoms with van der Waals surface area (Å²) in [5, 5.41) is 0. The van der Waals surface area contributed by atoms with Crippen molar-refractivity contribution in [2.75, 3.05) is 0 Å². The van der Waals surface area contributed by atoms with Gasteiger partial charge in [0.15, 0.2) is 17.3 Å². The Morgan fingerprint density at radius 1 is 1.50 bits per heavy atom. The predicted octanol–water partition coefficient (Wildman–Crippen LogP) is 1.07. The second-order valence-corrected chi connectivity index (χ2v) is 2.62. The van der Waals surface area contributed by atoms with E-state index in [4.69, 9.17) is 0 Å². The summed E-state index contributed by atoms with van der Waals surface area (Å²) in [6.07, 6.45) is 3.51. The molecule has 0 amide bonds. The Hall–Kier alpha value is -1.58. The molecule has 2 rings (SSSR count). The Labute approximate surface area is 69.4 Å². The molecule has 1 aromatic rings. The monoisotopic (exact) mass is 161 g/mol. The van der Waals surface area contributed by atoms with Crippen molar-refractivity contribution >= 4 is 17.8 Å². The van der Waals surface area contributed by atoms with Crippen molar-refractivity contribution in [3.05, 3.63) is 17.6 Å². The van der Waals surface area contributed by atoms with Crippen LogP contribution >= 0.6 is 0 Å². The molecule has 0 atom stereocenters. The lowest BCUT2D eigenvalue weighted by Crippen LogP contribution is -2.09. The van der Waals surface area contributed by atoms with Gasteiger partial charge >= 0.3 is 0 Å². The van der Waals surface area contributed by atoms with Crippen molar-refractivity contribution in [2.45, 2.75) is 13.3 Å². The minimum absolute atomic E-state index is 0.00352. The number of carbonyl (C=O) groups is 1. The maximum absolute atomic E-state index is 11.2. The van der Waals surface area contributed by atoms with Crippen LogP contribution in [0.15, 0.2) is 11.2 Å². The molecule has 4 nitrogen and oxygen atoms in total. The minimum Gasteiger partial charge on any atom is -0.292 e. The highest BCUT2D eigenvalue weighted by Gasteiger charge is 2.16. The van der Waals surface area contributed by atoms with Gasteiger partial charge in [-0.2, -0.15) is 0 Å². The molecule has 0 radical (unpaired) electrons. The molecule has 0 aliphatic carbocycles. The molecule has 0 unspecified atom stereocenters. The van der Waals surface area contributed by atoms with Crippen molar-refractivity contribution in [1.29, 1.82) is 0 Å². The quantitative estimate of drug-likeness (QED) is 0.572. The summed E-state index contributed by atoms with van der Waals surface area (Å²) in [6.45, 7) is 1.80. The van der Waals surface area contributed by atoms with Gasteiger partial charge in [-0.05, 0) is 6.92 Å². The number of carbonyl (C=O) groups excluding carboxylic acids is 1. The van der Waals surface area contributed by atoms with E-state index in [1.54, 1.807) is 19.3 Å². The average molecular weight is 161 g/mol. The number of aliphatic imine (C=N–C) groups is 1. The fourth-order valence-corrected chi connectivity index (χ4v) is 1.06. The number of fused-ring (bicyclic) bond motifs is 1. The highest BCUT2D eigenvalue weighted by Crippen LogP contribution is 2.18. The van der Waals surface area contributed by atoms with Gasteiger partial charge in [-0.25, -0.2) is 15.0 Å². The number of aryl methyl sites for hydroxylation is 1. The highest BCUT2D eigenvalue weighted by atomic mass is 16.1. The topological polar surface area (TPSA) is 55.2 Å². The van der Waals surface area contributed by atoms with Crippen molar-refractivity contribution in [1.82, 2.24) is 9.97 Å². The van der Waals surface area contributed by atoms with Gasteiger partial charge in [0, 0.05) is 12.6 Å². The van der Waals surface area contributed by atoms with E-state index in [9.17, 15) is 4.79 Å². The van der Waals surface area contributed by atoms with E-state index in [-0.39, 0.29) is 5.78 Å². The van der Waals surface area contributed by atoms with Gasteiger partial charge in [0.2, 0.25) is 0 Å². The molecule has 12 heavy (non-hydrogen) atoms. The molecule has 0 N–H and O–H groups in total. The van der Waals surface area contributed by atoms with Gasteiger partial charge < -0.3 is 0 Å². The summed E-state index contributed by atoms with van der Waals surface area (Å²) < 4.78 is 0. The summed E-state index contributed by atoms with van der Waals surface area (Å²) in [4.78, 5) is 23.3. The molecular weight excluding hydrogens is 154 g/mol. The van der Waals surface area contributed by atoms with E-state index in [1.165, 1.54) is 0 Å². The molecular formula is C8H7N3O. The largest absolute Gasteiger partial charge is 0.292 e. The Kier molecular flexibility index (Phi) is 1.46. The molecule has 0 aromatic carbocycles. The smallest absolute Gasteiger partial charge is 0.190 e. The lowest BCUT2D eigenvalue weighted by atomic mass is 10.2. The Bertz CT molecular complexity index is 371. The normalized spacial score (nSPS) is 14.6. The van der Waals surface area contributed by atoms with Crippen LogP contribution in [0.4, 0.5) is 5.82 Å². The lowest BCUT2D eigenvalue weighted by Gasteiger charge is -2.05. The maximum Gasteiger partial charge on any atom is 0.190 e. The van der Waals surface area contributed by atoms with Gasteiger partial charge in [0.05, 0.1) is 11.9 Å². The van der Waals surface area contributed by atoms with Crippen LogP contribution in [0.5, 0.6) is 0 Å². The van der Waals surface area contributed by atoms with Crippen LogP contribution in [0.3, 0.4) is 0 Å². The van der Waals surface area contributed by atoms with E-state index in [0.717, 1.165) is 5.69 Å². The van der Waals surface area contributed by atoms with Crippen LogP contribution in [-0.2, 0) is 0 Å². The summed E-state index contributed by atoms with van der Waals surface area (Å²) in [5.74, 6) is 0.438. The van der Waals surface area contributed by atoms with Crippen LogP contribution < -0.4 is 0 Å². The molecule has 0 bridgehead atoms. The first kappa shape index (κ1) is 7.09. The third-order valence-corrected chi connectivity index (χ3v) is 1.63. The van der Waals surface area contributed by atoms with Gasteiger partial charge in [0.1, 0.15) is 0 Å². The molecule has 0 saturated carbocycles. The molecule has 2 heterocycles. The van der Waals surface area contributed by atoms with Gasteiger partial charge in [-0.3, -0.25) is 4.79 Å². The molecule has 1 aromatic heterocycles. The van der Waals surface area contributed by atoms with E-state index in [0.29, 0.717) is 17.9 Å². The van der Waals surface area contributed by atoms with E-state index in [1.807, 2.05) is 0 Å². The summed E-state index contributed by atoms with van der Waals surface area (Å²) >= 11 is 0. The Morgan fingerprint density at radius 2 is 2.33 bits per heavy atom. The first-order chi connectivity index (χ1) is 5.77. The summed E-state index contributed by atoms with van der Waals surface area (Å²) in [5.41, 5.74) is 1.15. The van der Waals surface area contributed by atoms with Crippen LogP contribution in [-0.4, -0.2) is 22.0 Å². The average Bonchev–Trinajstić information content (AvgIpc) is 2.07. The van der Waals surface area contributed by atoms with Crippen molar-refractivity contribution in [3.8, 4) is 0 Å². The van der Waals surface area contributed by atoms with Crippen LogP contribution in [0.2, 0.25) is 0 Å². The second kappa shape index (κ2) is 2.48. The highest BCUT2D eigenvalue weighted by molar-refractivity contribution is 6.07. The van der Waals surface area contributed by atoms with Crippen molar-refractivity contribution in [3.63, 3.8) is 0 Å². The number of hydrogen-bond acceptors (Lipinski definition) is 4. The SMILES string of the molecule is Cc1cnc2c(n1)C(=O)CC=N2. The lowest BCUT2D eigenvalue weighted by molar-refractivity contribution is 0.0995. The van der Waals surface area contributed by atoms with Crippen LogP contribution in [0.1, 0.15) is 22.6 Å². The van der Waals surface area contributed by atoms with Crippen LogP contribution in [0, 0.1) is 6.92 Å². The zero-order valence-corrected chi connectivity index (χ0v) is 6.61. The number of rotatable bonds is 0. The fourth-order valence-electron chi connectivity index (χ4n) is 1.06. The standard InChI is InChI=1S/C8H7N3O/c1-5-4-10-8-7(11-5)6(12)2-3-9-8/h3-4H,2H2,1H3. The third kappa shape index (κ3) is 1.01. The Morgan fingerprint density at radius 3 is 3.17 bits per heavy atom. The van der Waals surface area contributed by atoms with E-state index < -0.39 is 0 Å². The molecule has 0 saturated heterocycles. The molecule has 1 aliphatic heterocycles. The van der Waals surface area contributed by atoms with Gasteiger partial charge in [-0.1, -0.05) is 0 Å². The predicted molar refractivity (Wildman–Crippen MR) is 43.9 cm³/mol. The molecule has 0 spiro atoms. The number of aromatic nitrogens is 2. The Balaban J connectivity index is 2.63. The zero-order valence-electron chi connectivity index (χ0n) is 6.61. The van der Waals surface area contributed by atoms with E-state index in [2.05, 4.69) is 15.0 Å². The van der Waals surface area contributed by atoms with Crippen molar-refractivity contribution < 1.29 is 4.79 Å². The molecule has 4 heteroatoms.